The molecule has 1 unspecified atom stereocenters. The van der Waals surface area contributed by atoms with Gasteiger partial charge in [-0.1, -0.05) is 0 Å². The third-order valence-electron chi connectivity index (χ3n) is 0.772. The van der Waals surface area contributed by atoms with Crippen LogP contribution < -0.4 is 10.6 Å². The number of nitrogens with one attached hydrogen (secondary N) is 2. The number of hydrogen-bond donors (Lipinski definition) is 2. The Labute approximate surface area is 41.9 Å². The van der Waals surface area contributed by atoms with Crippen molar-refractivity contribution in [2.45, 2.75) is 5.50 Å². The van der Waals surface area contributed by atoms with E-state index in [9.17, 15) is 0 Å². The average Bonchev–Trinajstić information content (AvgIpc) is 1.86. The molecule has 36 valence electrons. The van der Waals surface area contributed by atoms with Gasteiger partial charge >= 0.3 is 0 Å². The van der Waals surface area contributed by atoms with Crippen LogP contribution in [0.2, 0.25) is 0 Å². The third-order valence-corrected chi connectivity index (χ3v) is 1.08. The lowest BCUT2D eigenvalue weighted by atomic mass is 10.7. The van der Waals surface area contributed by atoms with Crippen LogP contribution in [0.4, 0.5) is 0 Å². The van der Waals surface area contributed by atoms with Gasteiger partial charge in [0.05, 0.1) is 5.50 Å². The molecule has 6 heavy (non-hydrogen) atoms. The van der Waals surface area contributed by atoms with Crippen molar-refractivity contribution in [3.05, 3.63) is 0 Å². The van der Waals surface area contributed by atoms with Gasteiger partial charge in [-0.05, 0) is 0 Å². The van der Waals surface area contributed by atoms with Crippen LogP contribution in [0.1, 0.15) is 0 Å². The minimum atomic E-state index is 0.157. The molecule has 1 atom stereocenters. The third kappa shape index (κ3) is 0.834. The zero-order valence-electron chi connectivity index (χ0n) is 3.37. The Bertz CT molecular complexity index is 42.1. The molecule has 0 spiro atoms. The van der Waals surface area contributed by atoms with Gasteiger partial charge in [-0.25, -0.2) is 0 Å². The van der Waals surface area contributed by atoms with Crippen molar-refractivity contribution in [3.63, 3.8) is 0 Å². The summed E-state index contributed by atoms with van der Waals surface area (Å²) < 4.78 is 0. The van der Waals surface area contributed by atoms with Crippen LogP contribution in [0.5, 0.6) is 0 Å². The van der Waals surface area contributed by atoms with E-state index in [1.54, 1.807) is 0 Å². The minimum absolute atomic E-state index is 0.157. The standard InChI is InChI=1S/C3H7ClN2/c4-3-1-5-2-6-3/h3,5-6H,1-2H2. The average molecular weight is 107 g/mol. The fraction of sp³-hybridized carbons (Fsp3) is 1.00. The molecule has 0 bridgehead atoms. The Morgan fingerprint density at radius 3 is 2.67 bits per heavy atom. The van der Waals surface area contributed by atoms with Crippen LogP contribution in [0.25, 0.3) is 0 Å². The topological polar surface area (TPSA) is 24.1 Å². The van der Waals surface area contributed by atoms with Crippen LogP contribution in [-0.2, 0) is 0 Å². The Balaban J connectivity index is 2.18. The molecule has 0 aromatic heterocycles. The number of hydrogen-bond acceptors (Lipinski definition) is 2. The number of halogens is 1. The zero-order valence-corrected chi connectivity index (χ0v) is 4.13. The van der Waals surface area contributed by atoms with Crippen molar-refractivity contribution in [3.8, 4) is 0 Å². The van der Waals surface area contributed by atoms with Gasteiger partial charge in [0.1, 0.15) is 0 Å². The Morgan fingerprint density at radius 1 is 1.67 bits per heavy atom. The van der Waals surface area contributed by atoms with Gasteiger partial charge < -0.3 is 5.32 Å². The van der Waals surface area contributed by atoms with Gasteiger partial charge in [-0.15, -0.1) is 11.6 Å². The van der Waals surface area contributed by atoms with E-state index >= 15 is 0 Å². The lowest BCUT2D eigenvalue weighted by Crippen LogP contribution is -2.15. The van der Waals surface area contributed by atoms with Gasteiger partial charge in [0.25, 0.3) is 0 Å². The summed E-state index contributed by atoms with van der Waals surface area (Å²) in [6.45, 7) is 1.75. The molecule has 1 saturated heterocycles. The summed E-state index contributed by atoms with van der Waals surface area (Å²) in [5.74, 6) is 0. The molecule has 3 heteroatoms. The molecule has 1 heterocycles. The maximum atomic E-state index is 5.54. The monoisotopic (exact) mass is 106 g/mol. The second kappa shape index (κ2) is 1.78. The van der Waals surface area contributed by atoms with Crippen molar-refractivity contribution in [1.82, 2.24) is 10.6 Å². The van der Waals surface area contributed by atoms with Gasteiger partial charge in [0.15, 0.2) is 0 Å². The zero-order chi connectivity index (χ0) is 4.41. The Kier molecular flexibility index (Phi) is 1.29. The molecule has 2 N–H and O–H groups in total. The highest BCUT2D eigenvalue weighted by Gasteiger charge is 2.06. The largest absolute Gasteiger partial charge is 0.302 e. The fourth-order valence-corrected chi connectivity index (χ4v) is 0.640. The van der Waals surface area contributed by atoms with Crippen LogP contribution in [0, 0.1) is 0 Å². The van der Waals surface area contributed by atoms with E-state index in [2.05, 4.69) is 10.6 Å². The normalized spacial score (nSPS) is 34.5. The van der Waals surface area contributed by atoms with Gasteiger partial charge in [-0.3, -0.25) is 5.32 Å². The first-order chi connectivity index (χ1) is 2.89. The number of alkyl halides is 1. The maximum absolute atomic E-state index is 5.54. The van der Waals surface area contributed by atoms with E-state index < -0.39 is 0 Å². The quantitative estimate of drug-likeness (QED) is 0.327. The SMILES string of the molecule is ClC1CNCN1. The summed E-state index contributed by atoms with van der Waals surface area (Å²) in [6.07, 6.45) is 0. The molecule has 0 radical (unpaired) electrons. The summed E-state index contributed by atoms with van der Waals surface area (Å²) in [7, 11) is 0. The number of rotatable bonds is 0. The molecule has 0 aromatic rings. The smallest absolute Gasteiger partial charge is 0.0961 e. The van der Waals surface area contributed by atoms with Crippen molar-refractivity contribution in [1.29, 1.82) is 0 Å². The van der Waals surface area contributed by atoms with Gasteiger partial charge in [0.2, 0.25) is 0 Å². The van der Waals surface area contributed by atoms with Crippen LogP contribution in [-0.4, -0.2) is 18.7 Å². The summed E-state index contributed by atoms with van der Waals surface area (Å²) in [5, 5.41) is 6.00. The molecule has 1 fully saturated rings. The highest BCUT2D eigenvalue weighted by molar-refractivity contribution is 6.20. The van der Waals surface area contributed by atoms with E-state index in [1.807, 2.05) is 0 Å². The molecular formula is C3H7ClN2. The van der Waals surface area contributed by atoms with E-state index in [0.717, 1.165) is 13.2 Å². The first kappa shape index (κ1) is 4.37. The van der Waals surface area contributed by atoms with Crippen molar-refractivity contribution in [2.24, 2.45) is 0 Å². The lowest BCUT2D eigenvalue weighted by Gasteiger charge is -1.90. The molecule has 0 saturated carbocycles. The summed E-state index contributed by atoms with van der Waals surface area (Å²) in [6, 6.07) is 0. The predicted molar refractivity (Wildman–Crippen MR) is 25.6 cm³/mol. The van der Waals surface area contributed by atoms with E-state index in [0.29, 0.717) is 0 Å². The Morgan fingerprint density at radius 2 is 2.50 bits per heavy atom. The first-order valence-corrected chi connectivity index (χ1v) is 2.41. The summed E-state index contributed by atoms with van der Waals surface area (Å²) in [5.41, 5.74) is 0.157. The van der Waals surface area contributed by atoms with E-state index in [1.165, 1.54) is 0 Å². The summed E-state index contributed by atoms with van der Waals surface area (Å²) in [4.78, 5) is 0. The molecule has 1 aliphatic heterocycles. The van der Waals surface area contributed by atoms with E-state index in [-0.39, 0.29) is 5.50 Å². The van der Waals surface area contributed by atoms with Crippen molar-refractivity contribution >= 4 is 11.6 Å². The van der Waals surface area contributed by atoms with Crippen molar-refractivity contribution in [2.75, 3.05) is 13.2 Å². The lowest BCUT2D eigenvalue weighted by molar-refractivity contribution is 0.792. The van der Waals surface area contributed by atoms with Gasteiger partial charge in [0, 0.05) is 13.2 Å². The summed E-state index contributed by atoms with van der Waals surface area (Å²) >= 11 is 5.54. The van der Waals surface area contributed by atoms with Gasteiger partial charge in [-0.2, -0.15) is 0 Å². The Hall–Kier alpha value is 0.210. The molecule has 2 nitrogen and oxygen atoms in total. The van der Waals surface area contributed by atoms with Crippen molar-refractivity contribution < 1.29 is 0 Å². The van der Waals surface area contributed by atoms with E-state index in [4.69, 9.17) is 11.6 Å². The molecule has 1 rings (SSSR count). The predicted octanol–water partition coefficient (Wildman–Crippen LogP) is -0.298. The highest BCUT2D eigenvalue weighted by atomic mass is 35.5. The molecule has 0 amide bonds. The van der Waals surface area contributed by atoms with Crippen LogP contribution in [0.3, 0.4) is 0 Å². The second-order valence-corrected chi connectivity index (χ2v) is 1.83. The first-order valence-electron chi connectivity index (χ1n) is 1.98. The fourth-order valence-electron chi connectivity index (χ4n) is 0.454. The maximum Gasteiger partial charge on any atom is 0.0961 e. The molecule has 1 aliphatic rings. The molecule has 0 aromatic carbocycles. The minimum Gasteiger partial charge on any atom is -0.302 e. The highest BCUT2D eigenvalue weighted by Crippen LogP contribution is 1.90. The molecule has 0 aliphatic carbocycles. The van der Waals surface area contributed by atoms with Crippen LogP contribution >= 0.6 is 11.6 Å². The second-order valence-electron chi connectivity index (χ2n) is 1.30. The molecular weight excluding hydrogens is 99.5 g/mol. The van der Waals surface area contributed by atoms with Crippen LogP contribution in [0.15, 0.2) is 0 Å².